The topological polar surface area (TPSA) is 97.9 Å². The highest BCUT2D eigenvalue weighted by Crippen LogP contribution is 2.31. The Hall–Kier alpha value is -3.34. The molecule has 1 aromatic heterocycles. The van der Waals surface area contributed by atoms with E-state index >= 15 is 0 Å². The normalized spacial score (nSPS) is 21.5. The maximum atomic E-state index is 13.2. The van der Waals surface area contributed by atoms with Crippen LogP contribution >= 0.6 is 11.3 Å². The first-order valence-corrected chi connectivity index (χ1v) is 12.6. The zero-order valence-corrected chi connectivity index (χ0v) is 20.4. The summed E-state index contributed by atoms with van der Waals surface area (Å²) in [6, 6.07) is 16.6. The Morgan fingerprint density at radius 1 is 1.03 bits per heavy atom. The Labute approximate surface area is 207 Å². The largest absolute Gasteiger partial charge is 0.344 e. The van der Waals surface area contributed by atoms with Crippen molar-refractivity contribution in [3.05, 3.63) is 65.2 Å². The van der Waals surface area contributed by atoms with Crippen LogP contribution in [0.3, 0.4) is 0 Å². The van der Waals surface area contributed by atoms with E-state index in [9.17, 15) is 14.4 Å². The van der Waals surface area contributed by atoms with Crippen LogP contribution in [0.1, 0.15) is 23.9 Å². The Kier molecular flexibility index (Phi) is 6.50. The van der Waals surface area contributed by atoms with Crippen molar-refractivity contribution in [2.45, 2.75) is 25.4 Å². The van der Waals surface area contributed by atoms with Gasteiger partial charge in [0, 0.05) is 26.2 Å². The van der Waals surface area contributed by atoms with Gasteiger partial charge in [-0.15, -0.1) is 11.3 Å². The molecule has 2 saturated heterocycles. The number of nitrogens with one attached hydrogen (secondary N) is 2. The summed E-state index contributed by atoms with van der Waals surface area (Å²) in [5, 5.41) is 4.69. The lowest BCUT2D eigenvalue weighted by molar-refractivity contribution is -0.140. The number of hydrazine groups is 1. The first kappa shape index (κ1) is 23.4. The van der Waals surface area contributed by atoms with Crippen LogP contribution in [0.4, 0.5) is 4.79 Å². The third-order valence-electron chi connectivity index (χ3n) is 6.65. The van der Waals surface area contributed by atoms with E-state index in [1.165, 1.54) is 4.70 Å². The van der Waals surface area contributed by atoms with Gasteiger partial charge < -0.3 is 5.32 Å². The van der Waals surface area contributed by atoms with Gasteiger partial charge >= 0.3 is 6.03 Å². The molecule has 0 radical (unpaired) electrons. The molecule has 1 atom stereocenters. The van der Waals surface area contributed by atoms with Gasteiger partial charge in [0.2, 0.25) is 0 Å². The molecule has 2 aliphatic rings. The number of fused-ring (bicyclic) bond motifs is 1. The fraction of sp³-hybridized carbons (Fsp3) is 0.360. The number of nitrogens with zero attached hydrogens (tertiary/aromatic N) is 4. The summed E-state index contributed by atoms with van der Waals surface area (Å²) >= 11 is 1.71. The summed E-state index contributed by atoms with van der Waals surface area (Å²) in [6.45, 7) is 5.84. The number of carbonyl (C=O) groups is 3. The molecule has 35 heavy (non-hydrogen) atoms. The molecule has 5 rings (SSSR count). The monoisotopic (exact) mass is 492 g/mol. The zero-order valence-electron chi connectivity index (χ0n) is 19.6. The molecule has 0 unspecified atom stereocenters. The highest BCUT2D eigenvalue weighted by molar-refractivity contribution is 7.18. The summed E-state index contributed by atoms with van der Waals surface area (Å²) in [5.41, 5.74) is 3.08. The van der Waals surface area contributed by atoms with Crippen LogP contribution in [0.25, 0.3) is 10.2 Å². The predicted molar refractivity (Wildman–Crippen MR) is 133 cm³/mol. The summed E-state index contributed by atoms with van der Waals surface area (Å²) < 4.78 is 1.19. The highest BCUT2D eigenvalue weighted by atomic mass is 32.1. The molecule has 0 saturated carbocycles. The fourth-order valence-electron chi connectivity index (χ4n) is 4.69. The number of amides is 4. The number of urea groups is 1. The molecule has 3 heterocycles. The van der Waals surface area contributed by atoms with Crippen LogP contribution in [-0.4, -0.2) is 70.4 Å². The van der Waals surface area contributed by atoms with Crippen molar-refractivity contribution >= 4 is 39.4 Å². The van der Waals surface area contributed by atoms with Crippen molar-refractivity contribution in [3.63, 3.8) is 0 Å². The Balaban J connectivity index is 1.14. The van der Waals surface area contributed by atoms with Crippen LogP contribution < -0.4 is 10.7 Å². The molecule has 2 fully saturated rings. The second-order valence-electron chi connectivity index (χ2n) is 8.86. The number of thiazole rings is 1. The molecular formula is C25H28N6O3S. The second-order valence-corrected chi connectivity index (χ2v) is 9.97. The van der Waals surface area contributed by atoms with Crippen molar-refractivity contribution in [3.8, 4) is 0 Å². The van der Waals surface area contributed by atoms with E-state index in [-0.39, 0.29) is 12.5 Å². The lowest BCUT2D eigenvalue weighted by atomic mass is 9.87. The van der Waals surface area contributed by atoms with E-state index in [1.54, 1.807) is 23.5 Å². The molecule has 3 aromatic rings. The molecular weight excluding hydrogens is 464 g/mol. The molecule has 2 aromatic carbocycles. The first-order chi connectivity index (χ1) is 17.0. The third-order valence-corrected chi connectivity index (χ3v) is 7.68. The van der Waals surface area contributed by atoms with E-state index in [0.29, 0.717) is 12.0 Å². The molecule has 182 valence electrons. The predicted octanol–water partition coefficient (Wildman–Crippen LogP) is 2.30. The van der Waals surface area contributed by atoms with E-state index in [4.69, 9.17) is 4.98 Å². The quantitative estimate of drug-likeness (QED) is 0.491. The van der Waals surface area contributed by atoms with Gasteiger partial charge in [-0.05, 0) is 24.1 Å². The average molecular weight is 493 g/mol. The Morgan fingerprint density at radius 3 is 2.43 bits per heavy atom. The molecule has 0 aliphatic carbocycles. The minimum absolute atomic E-state index is 0.122. The maximum Gasteiger partial charge on any atom is 0.344 e. The minimum Gasteiger partial charge on any atom is -0.318 e. The molecule has 2 N–H and O–H groups in total. The lowest BCUT2D eigenvalue weighted by Crippen LogP contribution is -2.53. The van der Waals surface area contributed by atoms with Gasteiger partial charge in [0.05, 0.1) is 23.3 Å². The highest BCUT2D eigenvalue weighted by Gasteiger charge is 2.52. The molecule has 10 heteroatoms. The number of para-hydroxylation sites is 1. The van der Waals surface area contributed by atoms with Gasteiger partial charge in [-0.25, -0.2) is 9.78 Å². The average Bonchev–Trinajstić information content (AvgIpc) is 3.39. The zero-order chi connectivity index (χ0) is 24.4. The SMILES string of the molecule is CC[C@]1(c2ccccc2)NC(=O)N(NC(=O)CN2CCN(Cc3nc4ccccc4s3)CC2)C1=O. The Morgan fingerprint density at radius 2 is 1.71 bits per heavy atom. The number of imide groups is 1. The number of benzene rings is 2. The van der Waals surface area contributed by atoms with E-state index in [1.807, 2.05) is 48.2 Å². The van der Waals surface area contributed by atoms with Crippen molar-refractivity contribution < 1.29 is 14.4 Å². The van der Waals surface area contributed by atoms with E-state index in [2.05, 4.69) is 21.7 Å². The van der Waals surface area contributed by atoms with Crippen LogP contribution in [-0.2, 0) is 21.7 Å². The molecule has 2 aliphatic heterocycles. The molecule has 0 bridgehead atoms. The van der Waals surface area contributed by atoms with Crippen LogP contribution in [0.15, 0.2) is 54.6 Å². The van der Waals surface area contributed by atoms with Crippen molar-refractivity contribution in [1.82, 2.24) is 30.5 Å². The van der Waals surface area contributed by atoms with Crippen molar-refractivity contribution in [1.29, 1.82) is 0 Å². The number of hydrogen-bond acceptors (Lipinski definition) is 7. The minimum atomic E-state index is -1.17. The van der Waals surface area contributed by atoms with Gasteiger partial charge in [0.1, 0.15) is 10.5 Å². The van der Waals surface area contributed by atoms with Gasteiger partial charge in [-0.3, -0.25) is 24.8 Å². The summed E-state index contributed by atoms with van der Waals surface area (Å²) in [5.74, 6) is -0.849. The fourth-order valence-corrected chi connectivity index (χ4v) is 5.70. The van der Waals surface area contributed by atoms with Crippen LogP contribution in [0, 0.1) is 0 Å². The summed E-state index contributed by atoms with van der Waals surface area (Å²) in [6.07, 6.45) is 0.380. The second kappa shape index (κ2) is 9.73. The molecule has 9 nitrogen and oxygen atoms in total. The van der Waals surface area contributed by atoms with Gasteiger partial charge in [-0.1, -0.05) is 49.4 Å². The van der Waals surface area contributed by atoms with Gasteiger partial charge in [0.25, 0.3) is 11.8 Å². The van der Waals surface area contributed by atoms with Crippen molar-refractivity contribution in [2.24, 2.45) is 0 Å². The summed E-state index contributed by atoms with van der Waals surface area (Å²) in [4.78, 5) is 47.6. The molecule has 0 spiro atoms. The van der Waals surface area contributed by atoms with Gasteiger partial charge in [-0.2, -0.15) is 5.01 Å². The lowest BCUT2D eigenvalue weighted by Gasteiger charge is -2.34. The number of carbonyl (C=O) groups excluding carboxylic acids is 3. The number of rotatable bonds is 7. The van der Waals surface area contributed by atoms with Crippen molar-refractivity contribution in [2.75, 3.05) is 32.7 Å². The number of piperazine rings is 1. The smallest absolute Gasteiger partial charge is 0.318 e. The first-order valence-electron chi connectivity index (χ1n) is 11.8. The van der Waals surface area contributed by atoms with E-state index in [0.717, 1.165) is 48.3 Å². The number of hydrogen-bond donors (Lipinski definition) is 2. The maximum absolute atomic E-state index is 13.2. The third kappa shape index (κ3) is 4.64. The molecule has 4 amide bonds. The van der Waals surface area contributed by atoms with Crippen LogP contribution in [0.5, 0.6) is 0 Å². The number of aromatic nitrogens is 1. The summed E-state index contributed by atoms with van der Waals surface area (Å²) in [7, 11) is 0. The van der Waals surface area contributed by atoms with Crippen LogP contribution in [0.2, 0.25) is 0 Å². The van der Waals surface area contributed by atoms with E-state index < -0.39 is 17.5 Å². The standard InChI is InChI=1S/C25H28N6O3S/c1-2-25(18-8-4-3-5-9-18)23(33)31(24(34)27-25)28-21(32)16-29-12-14-30(15-13-29)17-22-26-19-10-6-7-11-20(19)35-22/h3-11H,2,12-17H2,1H3,(H,27,34)(H,28,32)/t25-/m1/s1. The van der Waals surface area contributed by atoms with Gasteiger partial charge in [0.15, 0.2) is 0 Å². The Bertz CT molecular complexity index is 1210.